The number of nitrogens with one attached hydrogen (secondary N) is 2. The van der Waals surface area contributed by atoms with Crippen LogP contribution in [0.3, 0.4) is 0 Å². The molecule has 0 bridgehead atoms. The molecule has 0 atom stereocenters. The van der Waals surface area contributed by atoms with Gasteiger partial charge in [0, 0.05) is 12.1 Å². The van der Waals surface area contributed by atoms with Crippen LogP contribution in [0.5, 0.6) is 5.75 Å². The first-order valence-electron chi connectivity index (χ1n) is 7.53. The number of carbonyl (C=O) groups excluding carboxylic acids is 1. The fourth-order valence-corrected chi connectivity index (χ4v) is 2.21. The van der Waals surface area contributed by atoms with E-state index >= 15 is 0 Å². The number of amides is 1. The maximum absolute atomic E-state index is 12.3. The van der Waals surface area contributed by atoms with Crippen molar-refractivity contribution in [2.24, 2.45) is 0 Å². The highest BCUT2D eigenvalue weighted by molar-refractivity contribution is 6.02. The number of hydrogen-bond donors (Lipinski definition) is 2. The van der Waals surface area contributed by atoms with Crippen molar-refractivity contribution in [3.63, 3.8) is 0 Å². The van der Waals surface area contributed by atoms with E-state index in [1.165, 1.54) is 6.33 Å². The van der Waals surface area contributed by atoms with Crippen molar-refractivity contribution in [1.82, 2.24) is 15.1 Å². The summed E-state index contributed by atoms with van der Waals surface area (Å²) in [5, 5.41) is 9.47. The van der Waals surface area contributed by atoms with Crippen LogP contribution in [0.2, 0.25) is 0 Å². The van der Waals surface area contributed by atoms with Gasteiger partial charge in [0.2, 0.25) is 0 Å². The Hall–Kier alpha value is -3.42. The topological polar surface area (TPSA) is 102 Å². The molecular formula is C17H17N5O3. The standard InChI is InChI=1S/C17H17N5O3/c1-10-4-5-14(24-3)12(6-10)20-15-8-13(18-9-19-15)17(23)21-16-7-11(2)25-22-16/h4-9H,1-3H3,(H,18,19,20)(H,21,22,23). The second-order valence-corrected chi connectivity index (χ2v) is 5.39. The summed E-state index contributed by atoms with van der Waals surface area (Å²) in [6.07, 6.45) is 1.31. The fourth-order valence-electron chi connectivity index (χ4n) is 2.21. The van der Waals surface area contributed by atoms with Gasteiger partial charge in [-0.15, -0.1) is 0 Å². The van der Waals surface area contributed by atoms with E-state index in [0.29, 0.717) is 23.1 Å². The molecule has 1 aromatic carbocycles. The summed E-state index contributed by atoms with van der Waals surface area (Å²) in [7, 11) is 1.59. The Labute approximate surface area is 144 Å². The third-order valence-electron chi connectivity index (χ3n) is 3.39. The highest BCUT2D eigenvalue weighted by atomic mass is 16.5. The minimum absolute atomic E-state index is 0.199. The highest BCUT2D eigenvalue weighted by Gasteiger charge is 2.12. The largest absolute Gasteiger partial charge is 0.495 e. The number of ether oxygens (including phenoxy) is 1. The Morgan fingerprint density at radius 2 is 1.96 bits per heavy atom. The summed E-state index contributed by atoms with van der Waals surface area (Å²) in [6, 6.07) is 8.90. The normalized spacial score (nSPS) is 10.4. The Kier molecular flexibility index (Phi) is 4.60. The molecule has 0 saturated heterocycles. The Bertz CT molecular complexity index is 907. The van der Waals surface area contributed by atoms with Crippen LogP contribution >= 0.6 is 0 Å². The van der Waals surface area contributed by atoms with Gasteiger partial charge < -0.3 is 19.9 Å². The lowest BCUT2D eigenvalue weighted by Crippen LogP contribution is -2.14. The fraction of sp³-hybridized carbons (Fsp3) is 0.176. The number of rotatable bonds is 5. The summed E-state index contributed by atoms with van der Waals surface area (Å²) < 4.78 is 10.2. The van der Waals surface area contributed by atoms with E-state index in [1.54, 1.807) is 26.2 Å². The molecule has 3 rings (SSSR count). The molecule has 0 radical (unpaired) electrons. The van der Waals surface area contributed by atoms with Gasteiger partial charge in [0.25, 0.3) is 5.91 Å². The minimum atomic E-state index is -0.407. The zero-order valence-corrected chi connectivity index (χ0v) is 14.0. The van der Waals surface area contributed by atoms with Crippen LogP contribution in [-0.4, -0.2) is 28.1 Å². The maximum Gasteiger partial charge on any atom is 0.275 e. The van der Waals surface area contributed by atoms with E-state index in [9.17, 15) is 4.79 Å². The van der Waals surface area contributed by atoms with Crippen LogP contribution < -0.4 is 15.4 Å². The quantitative estimate of drug-likeness (QED) is 0.736. The SMILES string of the molecule is COc1ccc(C)cc1Nc1cc(C(=O)Nc2cc(C)on2)ncn1. The molecule has 0 spiro atoms. The van der Waals surface area contributed by atoms with Gasteiger partial charge >= 0.3 is 0 Å². The van der Waals surface area contributed by atoms with Crippen molar-refractivity contribution < 1.29 is 14.1 Å². The third kappa shape index (κ3) is 3.92. The predicted octanol–water partition coefficient (Wildman–Crippen LogP) is 3.09. The second kappa shape index (κ2) is 7.00. The van der Waals surface area contributed by atoms with Gasteiger partial charge in [0.15, 0.2) is 5.82 Å². The molecule has 0 unspecified atom stereocenters. The molecular weight excluding hydrogens is 322 g/mol. The Morgan fingerprint density at radius 1 is 1.12 bits per heavy atom. The number of aromatic nitrogens is 3. The second-order valence-electron chi connectivity index (χ2n) is 5.39. The van der Waals surface area contributed by atoms with E-state index in [4.69, 9.17) is 9.26 Å². The van der Waals surface area contributed by atoms with Gasteiger partial charge in [0.1, 0.15) is 29.3 Å². The summed E-state index contributed by atoms with van der Waals surface area (Å²) in [5.74, 6) is 1.67. The van der Waals surface area contributed by atoms with Crippen molar-refractivity contribution in [3.8, 4) is 5.75 Å². The number of methoxy groups -OCH3 is 1. The molecule has 8 heteroatoms. The average molecular weight is 339 g/mol. The number of aryl methyl sites for hydroxylation is 2. The van der Waals surface area contributed by atoms with Gasteiger partial charge in [-0.1, -0.05) is 11.2 Å². The molecule has 0 saturated carbocycles. The lowest BCUT2D eigenvalue weighted by molar-refractivity contribution is 0.102. The smallest absolute Gasteiger partial charge is 0.275 e. The Morgan fingerprint density at radius 3 is 2.68 bits per heavy atom. The molecule has 2 heterocycles. The zero-order valence-electron chi connectivity index (χ0n) is 14.0. The van der Waals surface area contributed by atoms with Crippen LogP contribution in [0.25, 0.3) is 0 Å². The van der Waals surface area contributed by atoms with Gasteiger partial charge in [-0.2, -0.15) is 0 Å². The van der Waals surface area contributed by atoms with Crippen molar-refractivity contribution in [2.45, 2.75) is 13.8 Å². The Balaban J connectivity index is 1.79. The van der Waals surface area contributed by atoms with E-state index in [0.717, 1.165) is 11.3 Å². The average Bonchev–Trinajstić information content (AvgIpc) is 3.00. The van der Waals surface area contributed by atoms with Crippen molar-refractivity contribution in [2.75, 3.05) is 17.7 Å². The molecule has 0 aliphatic rings. The lowest BCUT2D eigenvalue weighted by atomic mass is 10.2. The van der Waals surface area contributed by atoms with Crippen LogP contribution in [0.1, 0.15) is 21.8 Å². The molecule has 2 N–H and O–H groups in total. The molecule has 8 nitrogen and oxygen atoms in total. The predicted molar refractivity (Wildman–Crippen MR) is 92.2 cm³/mol. The number of carbonyl (C=O) groups is 1. The van der Waals surface area contributed by atoms with Crippen LogP contribution in [0.15, 0.2) is 41.2 Å². The van der Waals surface area contributed by atoms with Crippen LogP contribution in [0.4, 0.5) is 17.3 Å². The molecule has 25 heavy (non-hydrogen) atoms. The van der Waals surface area contributed by atoms with E-state index in [-0.39, 0.29) is 5.69 Å². The van der Waals surface area contributed by atoms with Gasteiger partial charge in [-0.05, 0) is 31.5 Å². The summed E-state index contributed by atoms with van der Waals surface area (Å²) in [5.41, 5.74) is 2.01. The van der Waals surface area contributed by atoms with Crippen LogP contribution in [0, 0.1) is 13.8 Å². The maximum atomic E-state index is 12.3. The molecule has 0 aliphatic carbocycles. The summed E-state index contributed by atoms with van der Waals surface area (Å²) in [4.78, 5) is 20.4. The van der Waals surface area contributed by atoms with Gasteiger partial charge in [-0.25, -0.2) is 9.97 Å². The molecule has 3 aromatic rings. The lowest BCUT2D eigenvalue weighted by Gasteiger charge is -2.11. The first-order valence-corrected chi connectivity index (χ1v) is 7.53. The third-order valence-corrected chi connectivity index (χ3v) is 3.39. The van der Waals surface area contributed by atoms with Crippen molar-refractivity contribution in [3.05, 3.63) is 53.7 Å². The minimum Gasteiger partial charge on any atom is -0.495 e. The molecule has 0 fully saturated rings. The molecule has 128 valence electrons. The molecule has 2 aromatic heterocycles. The summed E-state index contributed by atoms with van der Waals surface area (Å²) >= 11 is 0. The first-order chi connectivity index (χ1) is 12.0. The highest BCUT2D eigenvalue weighted by Crippen LogP contribution is 2.27. The van der Waals surface area contributed by atoms with Gasteiger partial charge in [0.05, 0.1) is 12.8 Å². The van der Waals surface area contributed by atoms with Crippen molar-refractivity contribution in [1.29, 1.82) is 0 Å². The van der Waals surface area contributed by atoms with Gasteiger partial charge in [-0.3, -0.25) is 4.79 Å². The first kappa shape index (κ1) is 16.4. The van der Waals surface area contributed by atoms with E-state index < -0.39 is 5.91 Å². The number of hydrogen-bond acceptors (Lipinski definition) is 7. The number of benzene rings is 1. The zero-order chi connectivity index (χ0) is 17.8. The number of anilines is 3. The summed E-state index contributed by atoms with van der Waals surface area (Å²) in [6.45, 7) is 3.72. The van der Waals surface area contributed by atoms with E-state index in [1.807, 2.05) is 25.1 Å². The van der Waals surface area contributed by atoms with Crippen LogP contribution in [-0.2, 0) is 0 Å². The van der Waals surface area contributed by atoms with Crippen molar-refractivity contribution >= 4 is 23.2 Å². The monoisotopic (exact) mass is 339 g/mol. The van der Waals surface area contributed by atoms with E-state index in [2.05, 4.69) is 25.8 Å². The molecule has 0 aliphatic heterocycles. The molecule has 1 amide bonds. The number of nitrogens with zero attached hydrogens (tertiary/aromatic N) is 3.